The van der Waals surface area contributed by atoms with Crippen LogP contribution in [0.4, 0.5) is 0 Å². The first-order chi connectivity index (χ1) is 12.7. The Morgan fingerprint density at radius 2 is 0.962 bits per heavy atom. The quantitative estimate of drug-likeness (QED) is 0.325. The number of benzene rings is 2. The summed E-state index contributed by atoms with van der Waals surface area (Å²) in [6, 6.07) is 24.5. The van der Waals surface area contributed by atoms with E-state index in [9.17, 15) is 0 Å². The maximum absolute atomic E-state index is 4.55. The van der Waals surface area contributed by atoms with Crippen LogP contribution in [-0.4, -0.2) is 9.97 Å². The van der Waals surface area contributed by atoms with E-state index in [0.29, 0.717) is 0 Å². The van der Waals surface area contributed by atoms with Gasteiger partial charge in [-0.3, -0.25) is 9.97 Å². The number of aromatic nitrogens is 2. The van der Waals surface area contributed by atoms with Crippen molar-refractivity contribution in [2.75, 3.05) is 0 Å². The predicted octanol–water partition coefficient (Wildman–Crippen LogP) is 7.00. The highest BCUT2D eigenvalue weighted by Gasteiger charge is 2.14. The average molecular weight is 466 g/mol. The van der Waals surface area contributed by atoms with E-state index >= 15 is 0 Å². The van der Waals surface area contributed by atoms with Crippen LogP contribution in [0.1, 0.15) is 0 Å². The molecule has 4 aromatic rings. The van der Waals surface area contributed by atoms with Crippen molar-refractivity contribution in [3.8, 4) is 33.6 Å². The summed E-state index contributed by atoms with van der Waals surface area (Å²) in [6.07, 6.45) is 3.64. The maximum atomic E-state index is 4.55. The maximum Gasteiger partial charge on any atom is 0.0708 e. The summed E-state index contributed by atoms with van der Waals surface area (Å²) in [7, 11) is 0. The summed E-state index contributed by atoms with van der Waals surface area (Å²) >= 11 is 7.19. The Balaban J connectivity index is 1.98. The second kappa shape index (κ2) is 7.52. The first-order valence-electron chi connectivity index (χ1n) is 8.14. The molecule has 0 unspecified atom stereocenters. The van der Waals surface area contributed by atoms with Crippen LogP contribution in [0.25, 0.3) is 33.6 Å². The van der Waals surface area contributed by atoms with E-state index in [1.54, 1.807) is 0 Å². The van der Waals surface area contributed by atoms with Crippen LogP contribution in [0, 0.1) is 0 Å². The molecule has 0 atom stereocenters. The summed E-state index contributed by atoms with van der Waals surface area (Å²) in [6.45, 7) is 0. The fourth-order valence-electron chi connectivity index (χ4n) is 2.97. The minimum Gasteiger partial charge on any atom is -0.256 e. The van der Waals surface area contributed by atoms with Crippen LogP contribution in [0.5, 0.6) is 0 Å². The van der Waals surface area contributed by atoms with Gasteiger partial charge < -0.3 is 0 Å². The molecule has 0 saturated heterocycles. The average Bonchev–Trinajstić information content (AvgIpc) is 2.69. The smallest absolute Gasteiger partial charge is 0.0708 e. The van der Waals surface area contributed by atoms with Crippen LogP contribution in [0.2, 0.25) is 0 Å². The first-order valence-corrected chi connectivity index (χ1v) is 9.73. The van der Waals surface area contributed by atoms with Crippen molar-refractivity contribution < 1.29 is 0 Å². The lowest BCUT2D eigenvalue weighted by atomic mass is 9.92. The highest BCUT2D eigenvalue weighted by atomic mass is 79.9. The van der Waals surface area contributed by atoms with Crippen LogP contribution in [0.3, 0.4) is 0 Å². The Morgan fingerprint density at radius 3 is 1.35 bits per heavy atom. The number of rotatable bonds is 3. The summed E-state index contributed by atoms with van der Waals surface area (Å²) in [5.74, 6) is 0. The van der Waals surface area contributed by atoms with Gasteiger partial charge in [0.15, 0.2) is 0 Å². The summed E-state index contributed by atoms with van der Waals surface area (Å²) in [5.41, 5.74) is 6.30. The van der Waals surface area contributed by atoms with Gasteiger partial charge in [-0.1, -0.05) is 56.1 Å². The molecule has 0 spiro atoms. The molecule has 4 rings (SSSR count). The molecule has 2 heterocycles. The number of pyridine rings is 2. The molecule has 0 fully saturated rings. The van der Waals surface area contributed by atoms with E-state index in [4.69, 9.17) is 0 Å². The standard InChI is InChI=1S/C22H14Br2N2/c23-15-7-9-17(19(13-15)21-5-1-3-11-25-21)18-10-8-16(24)14-20(18)22-6-2-4-12-26-22/h1-14H. The topological polar surface area (TPSA) is 25.8 Å². The Hall–Kier alpha value is -2.30. The zero-order valence-electron chi connectivity index (χ0n) is 13.7. The Labute approximate surface area is 169 Å². The monoisotopic (exact) mass is 464 g/mol. The molecule has 0 aliphatic rings. The molecule has 26 heavy (non-hydrogen) atoms. The molecule has 0 radical (unpaired) electrons. The van der Waals surface area contributed by atoms with Gasteiger partial charge in [-0.2, -0.15) is 0 Å². The van der Waals surface area contributed by atoms with Crippen molar-refractivity contribution in [2.45, 2.75) is 0 Å². The Morgan fingerprint density at radius 1 is 0.500 bits per heavy atom. The third kappa shape index (κ3) is 3.48. The number of halogens is 2. The molecule has 0 amide bonds. The highest BCUT2D eigenvalue weighted by molar-refractivity contribution is 9.10. The van der Waals surface area contributed by atoms with E-state index in [0.717, 1.165) is 42.6 Å². The van der Waals surface area contributed by atoms with Gasteiger partial charge in [-0.15, -0.1) is 0 Å². The van der Waals surface area contributed by atoms with Gasteiger partial charge in [0.25, 0.3) is 0 Å². The minimum absolute atomic E-state index is 0.943. The Kier molecular flexibility index (Phi) is 4.96. The van der Waals surface area contributed by atoms with E-state index in [-0.39, 0.29) is 0 Å². The molecule has 0 aliphatic heterocycles. The lowest BCUT2D eigenvalue weighted by molar-refractivity contribution is 1.31. The molecule has 0 saturated carbocycles. The number of nitrogens with zero attached hydrogens (tertiary/aromatic N) is 2. The van der Waals surface area contributed by atoms with E-state index in [1.165, 1.54) is 0 Å². The SMILES string of the molecule is Brc1ccc(-c2ccc(Br)cc2-c2ccccn2)c(-c2ccccn2)c1. The first kappa shape index (κ1) is 17.1. The van der Waals surface area contributed by atoms with Gasteiger partial charge in [0.05, 0.1) is 11.4 Å². The fourth-order valence-corrected chi connectivity index (χ4v) is 3.69. The third-order valence-corrected chi connectivity index (χ3v) is 5.12. The molecular weight excluding hydrogens is 452 g/mol. The van der Waals surface area contributed by atoms with E-state index in [2.05, 4.69) is 78.2 Å². The van der Waals surface area contributed by atoms with Gasteiger partial charge in [-0.25, -0.2) is 0 Å². The van der Waals surface area contributed by atoms with Crippen LogP contribution >= 0.6 is 31.9 Å². The molecule has 0 N–H and O–H groups in total. The zero-order chi connectivity index (χ0) is 17.9. The van der Waals surface area contributed by atoms with Crippen LogP contribution in [0.15, 0.2) is 94.1 Å². The van der Waals surface area contributed by atoms with Gasteiger partial charge in [0.1, 0.15) is 0 Å². The minimum atomic E-state index is 0.943. The van der Waals surface area contributed by atoms with Crippen molar-refractivity contribution in [2.24, 2.45) is 0 Å². The highest BCUT2D eigenvalue weighted by Crippen LogP contribution is 2.39. The molecule has 0 bridgehead atoms. The third-order valence-electron chi connectivity index (χ3n) is 4.14. The fraction of sp³-hybridized carbons (Fsp3) is 0. The van der Waals surface area contributed by atoms with Crippen molar-refractivity contribution >= 4 is 31.9 Å². The molecule has 2 aromatic carbocycles. The molecule has 2 nitrogen and oxygen atoms in total. The van der Waals surface area contributed by atoms with Crippen molar-refractivity contribution in [3.05, 3.63) is 94.1 Å². The second-order valence-corrected chi connectivity index (χ2v) is 7.64. The zero-order valence-corrected chi connectivity index (χ0v) is 16.9. The number of hydrogen-bond acceptors (Lipinski definition) is 2. The molecule has 4 heteroatoms. The van der Waals surface area contributed by atoms with Crippen LogP contribution in [-0.2, 0) is 0 Å². The lowest BCUT2D eigenvalue weighted by Gasteiger charge is -2.15. The molecule has 2 aromatic heterocycles. The van der Waals surface area contributed by atoms with Crippen molar-refractivity contribution in [3.63, 3.8) is 0 Å². The van der Waals surface area contributed by atoms with Crippen LogP contribution < -0.4 is 0 Å². The van der Waals surface area contributed by atoms with Crippen molar-refractivity contribution in [1.82, 2.24) is 9.97 Å². The normalized spacial score (nSPS) is 10.7. The van der Waals surface area contributed by atoms with E-state index < -0.39 is 0 Å². The second-order valence-electron chi connectivity index (χ2n) is 5.81. The van der Waals surface area contributed by atoms with Crippen molar-refractivity contribution in [1.29, 1.82) is 0 Å². The van der Waals surface area contributed by atoms with Gasteiger partial charge in [-0.05, 0) is 59.7 Å². The van der Waals surface area contributed by atoms with Gasteiger partial charge >= 0.3 is 0 Å². The van der Waals surface area contributed by atoms with Gasteiger partial charge in [0, 0.05) is 32.5 Å². The predicted molar refractivity (Wildman–Crippen MR) is 114 cm³/mol. The summed E-state index contributed by atoms with van der Waals surface area (Å²) < 4.78 is 2.05. The summed E-state index contributed by atoms with van der Waals surface area (Å²) in [5, 5.41) is 0. The number of hydrogen-bond donors (Lipinski definition) is 0. The van der Waals surface area contributed by atoms with Gasteiger partial charge in [0.2, 0.25) is 0 Å². The molecule has 126 valence electrons. The summed E-state index contributed by atoms with van der Waals surface area (Å²) in [4.78, 5) is 9.10. The molecular formula is C22H14Br2N2. The largest absolute Gasteiger partial charge is 0.256 e. The lowest BCUT2D eigenvalue weighted by Crippen LogP contribution is -1.92. The Bertz CT molecular complexity index is 961. The molecule has 0 aliphatic carbocycles. The van der Waals surface area contributed by atoms with E-state index in [1.807, 2.05) is 48.8 Å².